The number of halogens is 2. The molecular formula is C24H27ClFN3O3. The second-order valence-corrected chi connectivity index (χ2v) is 9.09. The molecule has 2 aromatic rings. The SMILES string of the molecule is CCN(CC)c1cccc(C(=O)NC23CC(NC(=O)COc4ccc(Cl)c(F)c4)(C2)C3)c1. The highest BCUT2D eigenvalue weighted by Crippen LogP contribution is 2.60. The van der Waals surface area contributed by atoms with Gasteiger partial charge in [0.1, 0.15) is 11.6 Å². The quantitative estimate of drug-likeness (QED) is 0.596. The Morgan fingerprint density at radius 3 is 2.41 bits per heavy atom. The number of nitrogens with zero attached hydrogens (tertiary/aromatic N) is 1. The summed E-state index contributed by atoms with van der Waals surface area (Å²) >= 11 is 5.64. The smallest absolute Gasteiger partial charge is 0.258 e. The third kappa shape index (κ3) is 4.39. The Bertz CT molecular complexity index is 1020. The van der Waals surface area contributed by atoms with Gasteiger partial charge in [-0.25, -0.2) is 4.39 Å². The van der Waals surface area contributed by atoms with Gasteiger partial charge in [-0.1, -0.05) is 17.7 Å². The van der Waals surface area contributed by atoms with Crippen LogP contribution in [0, 0.1) is 5.82 Å². The van der Waals surface area contributed by atoms with Crippen LogP contribution >= 0.6 is 11.6 Å². The first kappa shape index (κ1) is 22.4. The molecule has 3 aliphatic rings. The summed E-state index contributed by atoms with van der Waals surface area (Å²) < 4.78 is 18.8. The average Bonchev–Trinajstić information content (AvgIpc) is 2.73. The zero-order chi connectivity index (χ0) is 22.9. The number of benzene rings is 2. The Balaban J connectivity index is 1.26. The van der Waals surface area contributed by atoms with Crippen molar-refractivity contribution in [3.8, 4) is 5.75 Å². The number of carbonyl (C=O) groups is 2. The summed E-state index contributed by atoms with van der Waals surface area (Å²) in [7, 11) is 0. The highest BCUT2D eigenvalue weighted by Gasteiger charge is 2.69. The van der Waals surface area contributed by atoms with Gasteiger partial charge in [0.2, 0.25) is 0 Å². The molecule has 6 nitrogen and oxygen atoms in total. The highest BCUT2D eigenvalue weighted by atomic mass is 35.5. The molecule has 32 heavy (non-hydrogen) atoms. The lowest BCUT2D eigenvalue weighted by molar-refractivity contribution is -0.141. The van der Waals surface area contributed by atoms with Crippen LogP contribution in [-0.4, -0.2) is 42.6 Å². The molecule has 0 atom stereocenters. The van der Waals surface area contributed by atoms with Gasteiger partial charge < -0.3 is 20.3 Å². The van der Waals surface area contributed by atoms with Crippen LogP contribution in [0.25, 0.3) is 0 Å². The molecule has 2 amide bonds. The van der Waals surface area contributed by atoms with Gasteiger partial charge in [0.25, 0.3) is 11.8 Å². The summed E-state index contributed by atoms with van der Waals surface area (Å²) in [5, 5.41) is 6.14. The molecule has 0 spiro atoms. The van der Waals surface area contributed by atoms with Gasteiger partial charge in [-0.15, -0.1) is 0 Å². The number of hydrogen-bond donors (Lipinski definition) is 2. The van der Waals surface area contributed by atoms with Crippen molar-refractivity contribution in [1.82, 2.24) is 10.6 Å². The van der Waals surface area contributed by atoms with E-state index < -0.39 is 5.82 Å². The highest BCUT2D eigenvalue weighted by molar-refractivity contribution is 6.30. The van der Waals surface area contributed by atoms with Crippen LogP contribution in [0.5, 0.6) is 5.75 Å². The van der Waals surface area contributed by atoms with Crippen LogP contribution in [0.15, 0.2) is 42.5 Å². The molecule has 0 heterocycles. The van der Waals surface area contributed by atoms with Gasteiger partial charge in [0.15, 0.2) is 6.61 Å². The first-order chi connectivity index (χ1) is 15.3. The number of ether oxygens (including phenoxy) is 1. The van der Waals surface area contributed by atoms with Crippen LogP contribution in [0.2, 0.25) is 5.02 Å². The molecule has 2 bridgehead atoms. The Kier molecular flexibility index (Phi) is 6.03. The lowest BCUT2D eigenvalue weighted by atomic mass is 9.44. The van der Waals surface area contributed by atoms with Crippen molar-refractivity contribution in [1.29, 1.82) is 0 Å². The molecule has 2 N–H and O–H groups in total. The fourth-order valence-electron chi connectivity index (χ4n) is 4.85. The topological polar surface area (TPSA) is 70.7 Å². The molecular weight excluding hydrogens is 433 g/mol. The molecule has 8 heteroatoms. The van der Waals surface area contributed by atoms with E-state index in [-0.39, 0.29) is 40.3 Å². The van der Waals surface area contributed by atoms with Crippen molar-refractivity contribution >= 4 is 29.1 Å². The van der Waals surface area contributed by atoms with Crippen molar-refractivity contribution in [3.63, 3.8) is 0 Å². The zero-order valence-electron chi connectivity index (χ0n) is 18.2. The molecule has 3 aliphatic carbocycles. The molecule has 0 radical (unpaired) electrons. The minimum absolute atomic E-state index is 0.00259. The van der Waals surface area contributed by atoms with Crippen molar-refractivity contribution in [2.75, 3.05) is 24.6 Å². The molecule has 0 aliphatic heterocycles. The van der Waals surface area contributed by atoms with Crippen molar-refractivity contribution in [2.45, 2.75) is 44.2 Å². The van der Waals surface area contributed by atoms with E-state index in [1.165, 1.54) is 12.1 Å². The fourth-order valence-corrected chi connectivity index (χ4v) is 4.96. The number of anilines is 1. The maximum atomic E-state index is 13.5. The Labute approximate surface area is 192 Å². The largest absolute Gasteiger partial charge is 0.484 e. The van der Waals surface area contributed by atoms with E-state index in [1.54, 1.807) is 0 Å². The van der Waals surface area contributed by atoms with E-state index in [0.717, 1.165) is 24.8 Å². The summed E-state index contributed by atoms with van der Waals surface area (Å²) in [6.07, 6.45) is 2.09. The van der Waals surface area contributed by atoms with Crippen LogP contribution in [0.3, 0.4) is 0 Å². The van der Waals surface area contributed by atoms with Gasteiger partial charge in [0, 0.05) is 41.5 Å². The van der Waals surface area contributed by atoms with Crippen molar-refractivity contribution in [2.24, 2.45) is 0 Å². The van der Waals surface area contributed by atoms with Crippen LogP contribution < -0.4 is 20.3 Å². The van der Waals surface area contributed by atoms with Gasteiger partial charge in [-0.3, -0.25) is 9.59 Å². The lowest BCUT2D eigenvalue weighted by Crippen LogP contribution is -2.84. The third-order valence-corrected chi connectivity index (χ3v) is 6.62. The lowest BCUT2D eigenvalue weighted by Gasteiger charge is -2.70. The minimum Gasteiger partial charge on any atom is -0.484 e. The molecule has 0 saturated heterocycles. The molecule has 3 fully saturated rings. The summed E-state index contributed by atoms with van der Waals surface area (Å²) in [6, 6.07) is 11.7. The maximum absolute atomic E-state index is 13.5. The summed E-state index contributed by atoms with van der Waals surface area (Å²) in [4.78, 5) is 27.2. The Morgan fingerprint density at radius 2 is 1.75 bits per heavy atom. The summed E-state index contributed by atoms with van der Waals surface area (Å²) in [5.74, 6) is -0.710. The monoisotopic (exact) mass is 459 g/mol. The molecule has 3 saturated carbocycles. The van der Waals surface area contributed by atoms with E-state index in [9.17, 15) is 14.0 Å². The maximum Gasteiger partial charge on any atom is 0.258 e. The van der Waals surface area contributed by atoms with E-state index in [0.29, 0.717) is 24.8 Å². The zero-order valence-corrected chi connectivity index (χ0v) is 19.0. The Hall–Kier alpha value is -2.80. The van der Waals surface area contributed by atoms with Gasteiger partial charge in [-0.2, -0.15) is 0 Å². The molecule has 0 aromatic heterocycles. The fraction of sp³-hybridized carbons (Fsp3) is 0.417. The number of nitrogens with one attached hydrogen (secondary N) is 2. The van der Waals surface area contributed by atoms with Gasteiger partial charge >= 0.3 is 0 Å². The first-order valence-corrected chi connectivity index (χ1v) is 11.2. The number of hydrogen-bond acceptors (Lipinski definition) is 4. The summed E-state index contributed by atoms with van der Waals surface area (Å²) in [6.45, 7) is 5.73. The molecule has 5 rings (SSSR count). The number of amides is 2. The summed E-state index contributed by atoms with van der Waals surface area (Å²) in [5.41, 5.74) is 1.13. The Morgan fingerprint density at radius 1 is 1.06 bits per heavy atom. The predicted octanol–water partition coefficient (Wildman–Crippen LogP) is 3.93. The van der Waals surface area contributed by atoms with Gasteiger partial charge in [-0.05, 0) is 63.4 Å². The molecule has 2 aromatic carbocycles. The normalized spacial score (nSPS) is 22.9. The predicted molar refractivity (Wildman–Crippen MR) is 122 cm³/mol. The van der Waals surface area contributed by atoms with Crippen LogP contribution in [-0.2, 0) is 4.79 Å². The van der Waals surface area contributed by atoms with E-state index in [1.807, 2.05) is 24.3 Å². The molecule has 170 valence electrons. The minimum atomic E-state index is -0.593. The van der Waals surface area contributed by atoms with Crippen LogP contribution in [0.1, 0.15) is 43.5 Å². The van der Waals surface area contributed by atoms with Crippen LogP contribution in [0.4, 0.5) is 10.1 Å². The van der Waals surface area contributed by atoms with Crippen molar-refractivity contribution < 1.29 is 18.7 Å². The standard InChI is InChI=1S/C24H27ClFN3O3/c1-3-29(4-2)17-7-5-6-16(10-17)22(31)28-24-13-23(14-24,15-24)27-21(30)12-32-18-8-9-19(25)20(26)11-18/h5-11H,3-4,12-15H2,1-2H3,(H,27,30)(H,28,31). The van der Waals surface area contributed by atoms with Crippen molar-refractivity contribution in [3.05, 3.63) is 58.9 Å². The average molecular weight is 460 g/mol. The second kappa shape index (κ2) is 8.62. The van der Waals surface area contributed by atoms with E-state index in [2.05, 4.69) is 29.4 Å². The first-order valence-electron chi connectivity index (χ1n) is 10.8. The number of rotatable bonds is 9. The van der Waals surface area contributed by atoms with Gasteiger partial charge in [0.05, 0.1) is 5.02 Å². The van der Waals surface area contributed by atoms with E-state index >= 15 is 0 Å². The third-order valence-electron chi connectivity index (χ3n) is 6.31. The second-order valence-electron chi connectivity index (χ2n) is 8.68. The number of carbonyl (C=O) groups excluding carboxylic acids is 2. The van der Waals surface area contributed by atoms with E-state index in [4.69, 9.17) is 16.3 Å². The molecule has 0 unspecified atom stereocenters.